The van der Waals surface area contributed by atoms with Crippen LogP contribution in [0.1, 0.15) is 17.9 Å². The Morgan fingerprint density at radius 3 is 2.62 bits per heavy atom. The van der Waals surface area contributed by atoms with E-state index in [4.69, 9.17) is 4.74 Å². The van der Waals surface area contributed by atoms with Gasteiger partial charge in [0.2, 0.25) is 5.91 Å². The van der Waals surface area contributed by atoms with Crippen LogP contribution < -0.4 is 5.32 Å². The summed E-state index contributed by atoms with van der Waals surface area (Å²) >= 11 is 0. The summed E-state index contributed by atoms with van der Waals surface area (Å²) < 4.78 is 27.8. The van der Waals surface area contributed by atoms with E-state index < -0.39 is 9.84 Å². The summed E-state index contributed by atoms with van der Waals surface area (Å²) in [7, 11) is -1.42. The average molecular weight is 354 g/mol. The predicted molar refractivity (Wildman–Crippen MR) is 93.8 cm³/mol. The van der Waals surface area contributed by atoms with Gasteiger partial charge in [-0.3, -0.25) is 9.69 Å². The van der Waals surface area contributed by atoms with Crippen LogP contribution in [0.4, 0.5) is 0 Å². The Balaban J connectivity index is 2.04. The lowest BCUT2D eigenvalue weighted by molar-refractivity contribution is -0.122. The average Bonchev–Trinajstić information content (AvgIpc) is 2.94. The van der Waals surface area contributed by atoms with Crippen LogP contribution >= 0.6 is 0 Å². The van der Waals surface area contributed by atoms with Gasteiger partial charge >= 0.3 is 0 Å². The number of hydrogen-bond acceptors (Lipinski definition) is 5. The molecule has 1 saturated heterocycles. The highest BCUT2D eigenvalue weighted by Crippen LogP contribution is 2.27. The van der Waals surface area contributed by atoms with E-state index in [2.05, 4.69) is 22.3 Å². The van der Waals surface area contributed by atoms with Crippen LogP contribution in [0, 0.1) is 0 Å². The Morgan fingerprint density at radius 2 is 2.00 bits per heavy atom. The van der Waals surface area contributed by atoms with Crippen molar-refractivity contribution >= 4 is 15.7 Å². The fourth-order valence-electron chi connectivity index (χ4n) is 3.02. The molecule has 24 heavy (non-hydrogen) atoms. The highest BCUT2D eigenvalue weighted by atomic mass is 32.2. The van der Waals surface area contributed by atoms with Gasteiger partial charge < -0.3 is 10.1 Å². The van der Waals surface area contributed by atoms with Gasteiger partial charge in [-0.25, -0.2) is 8.42 Å². The second kappa shape index (κ2) is 8.60. The Labute approximate surface area is 144 Å². The van der Waals surface area contributed by atoms with Crippen LogP contribution in [0.2, 0.25) is 0 Å². The highest BCUT2D eigenvalue weighted by molar-refractivity contribution is 7.90. The van der Waals surface area contributed by atoms with E-state index in [0.717, 1.165) is 12.1 Å². The Morgan fingerprint density at radius 1 is 1.29 bits per heavy atom. The Hall–Kier alpha value is -1.44. The SMILES string of the molecule is COCCC(=O)N[C@H]1CN(CCS(C)(=O)=O)C[C@@H]1c1ccccc1. The number of methoxy groups -OCH3 is 1. The zero-order chi connectivity index (χ0) is 17.6. The van der Waals surface area contributed by atoms with Crippen molar-refractivity contribution in [2.24, 2.45) is 0 Å². The van der Waals surface area contributed by atoms with Crippen LogP contribution in [-0.2, 0) is 19.4 Å². The van der Waals surface area contributed by atoms with Crippen LogP contribution in [0.5, 0.6) is 0 Å². The lowest BCUT2D eigenvalue weighted by Gasteiger charge is -2.20. The molecule has 1 aliphatic rings. The molecular weight excluding hydrogens is 328 g/mol. The molecule has 1 amide bonds. The van der Waals surface area contributed by atoms with E-state index in [1.165, 1.54) is 6.26 Å². The van der Waals surface area contributed by atoms with Crippen molar-refractivity contribution in [1.82, 2.24) is 10.2 Å². The first-order valence-electron chi connectivity index (χ1n) is 8.12. The van der Waals surface area contributed by atoms with Crippen molar-refractivity contribution in [1.29, 1.82) is 0 Å². The molecule has 0 bridgehead atoms. The summed E-state index contributed by atoms with van der Waals surface area (Å²) in [4.78, 5) is 14.2. The second-order valence-electron chi connectivity index (χ2n) is 6.32. The molecule has 1 fully saturated rings. The summed E-state index contributed by atoms with van der Waals surface area (Å²) in [5.74, 6) is 0.267. The van der Waals surface area contributed by atoms with Crippen molar-refractivity contribution in [3.8, 4) is 0 Å². The molecule has 0 unspecified atom stereocenters. The standard InChI is InChI=1S/C17H26N2O4S/c1-23-10-8-17(20)18-16-13-19(9-11-24(2,21)22)12-15(16)14-6-4-3-5-7-14/h3-7,15-16H,8-13H2,1-2H3,(H,18,20)/t15-,16+/m1/s1. The highest BCUT2D eigenvalue weighted by Gasteiger charge is 2.34. The number of carbonyl (C=O) groups is 1. The molecule has 1 aromatic rings. The fraction of sp³-hybridized carbons (Fsp3) is 0.588. The minimum atomic E-state index is -2.99. The zero-order valence-corrected chi connectivity index (χ0v) is 15.1. The maximum Gasteiger partial charge on any atom is 0.222 e. The zero-order valence-electron chi connectivity index (χ0n) is 14.3. The molecule has 2 atom stereocenters. The second-order valence-corrected chi connectivity index (χ2v) is 8.58. The van der Waals surface area contributed by atoms with Gasteiger partial charge in [0.25, 0.3) is 0 Å². The smallest absolute Gasteiger partial charge is 0.222 e. The lowest BCUT2D eigenvalue weighted by atomic mass is 9.94. The molecule has 0 aliphatic carbocycles. The molecule has 7 heteroatoms. The molecule has 0 aromatic heterocycles. The van der Waals surface area contributed by atoms with E-state index in [0.29, 0.717) is 26.1 Å². The first kappa shape index (κ1) is 18.9. The molecule has 134 valence electrons. The molecule has 1 aromatic carbocycles. The molecule has 6 nitrogen and oxygen atoms in total. The van der Waals surface area contributed by atoms with Crippen LogP contribution in [0.3, 0.4) is 0 Å². The maximum absolute atomic E-state index is 12.1. The van der Waals surface area contributed by atoms with Gasteiger partial charge in [0.15, 0.2) is 0 Å². The van der Waals surface area contributed by atoms with E-state index >= 15 is 0 Å². The van der Waals surface area contributed by atoms with E-state index in [1.54, 1.807) is 7.11 Å². The topological polar surface area (TPSA) is 75.7 Å². The Kier molecular flexibility index (Phi) is 6.77. The summed E-state index contributed by atoms with van der Waals surface area (Å²) in [5, 5.41) is 3.08. The van der Waals surface area contributed by atoms with Crippen molar-refractivity contribution in [3.63, 3.8) is 0 Å². The summed E-state index contributed by atoms with van der Waals surface area (Å²) in [6.45, 7) is 2.29. The first-order chi connectivity index (χ1) is 11.4. The normalized spacial score (nSPS) is 21.8. The summed E-state index contributed by atoms with van der Waals surface area (Å²) in [6, 6.07) is 10.0. The number of nitrogens with one attached hydrogen (secondary N) is 1. The van der Waals surface area contributed by atoms with Gasteiger partial charge in [0, 0.05) is 51.4 Å². The van der Waals surface area contributed by atoms with Gasteiger partial charge in [0.05, 0.1) is 12.4 Å². The number of sulfone groups is 1. The number of ether oxygens (including phenoxy) is 1. The van der Waals surface area contributed by atoms with Gasteiger partial charge in [-0.2, -0.15) is 0 Å². The quantitative estimate of drug-likeness (QED) is 0.742. The van der Waals surface area contributed by atoms with Crippen molar-refractivity contribution in [3.05, 3.63) is 35.9 Å². The third kappa shape index (κ3) is 5.89. The van der Waals surface area contributed by atoms with E-state index in [1.807, 2.05) is 18.2 Å². The predicted octanol–water partition coefficient (Wildman–Crippen LogP) is 0.652. The molecule has 0 radical (unpaired) electrons. The molecule has 2 rings (SSSR count). The monoisotopic (exact) mass is 354 g/mol. The Bertz CT molecular complexity index is 633. The lowest BCUT2D eigenvalue weighted by Crippen LogP contribution is -2.40. The number of rotatable bonds is 8. The summed E-state index contributed by atoms with van der Waals surface area (Å²) in [6.07, 6.45) is 1.58. The number of amides is 1. The van der Waals surface area contributed by atoms with Crippen molar-refractivity contribution < 1.29 is 17.9 Å². The number of nitrogens with zero attached hydrogens (tertiary/aromatic N) is 1. The van der Waals surface area contributed by atoms with Gasteiger partial charge in [-0.15, -0.1) is 0 Å². The molecule has 1 heterocycles. The molecule has 0 spiro atoms. The van der Waals surface area contributed by atoms with Gasteiger partial charge in [0.1, 0.15) is 9.84 Å². The fourth-order valence-corrected chi connectivity index (χ4v) is 3.61. The largest absolute Gasteiger partial charge is 0.384 e. The minimum absolute atomic E-state index is 0.0173. The minimum Gasteiger partial charge on any atom is -0.384 e. The molecule has 0 saturated carbocycles. The van der Waals surface area contributed by atoms with Gasteiger partial charge in [-0.1, -0.05) is 30.3 Å². The van der Waals surface area contributed by atoms with Crippen LogP contribution in [-0.4, -0.2) is 70.6 Å². The number of carbonyl (C=O) groups excluding carboxylic acids is 1. The molecule has 1 aliphatic heterocycles. The summed E-state index contributed by atoms with van der Waals surface area (Å²) in [5.41, 5.74) is 1.16. The first-order valence-corrected chi connectivity index (χ1v) is 10.2. The maximum atomic E-state index is 12.1. The third-order valence-electron chi connectivity index (χ3n) is 4.28. The number of hydrogen-bond donors (Lipinski definition) is 1. The number of likely N-dealkylation sites (tertiary alicyclic amines) is 1. The van der Waals surface area contributed by atoms with E-state index in [-0.39, 0.29) is 23.6 Å². The van der Waals surface area contributed by atoms with Crippen LogP contribution in [0.15, 0.2) is 30.3 Å². The number of benzene rings is 1. The molecular formula is C17H26N2O4S. The van der Waals surface area contributed by atoms with Gasteiger partial charge in [-0.05, 0) is 5.56 Å². The third-order valence-corrected chi connectivity index (χ3v) is 5.21. The van der Waals surface area contributed by atoms with Crippen molar-refractivity contribution in [2.45, 2.75) is 18.4 Å². The molecule has 1 N–H and O–H groups in total. The van der Waals surface area contributed by atoms with E-state index in [9.17, 15) is 13.2 Å². The van der Waals surface area contributed by atoms with Crippen molar-refractivity contribution in [2.75, 3.05) is 45.4 Å². The van der Waals surface area contributed by atoms with Crippen LogP contribution in [0.25, 0.3) is 0 Å².